The summed E-state index contributed by atoms with van der Waals surface area (Å²) in [4.78, 5) is 22.4. The van der Waals surface area contributed by atoms with E-state index in [0.717, 1.165) is 16.9 Å². The molecule has 2 amide bonds. The van der Waals surface area contributed by atoms with Crippen LogP contribution >= 0.6 is 0 Å². The van der Waals surface area contributed by atoms with Crippen LogP contribution in [0.4, 0.5) is 4.79 Å². The van der Waals surface area contributed by atoms with E-state index in [2.05, 4.69) is 15.4 Å². The highest BCUT2D eigenvalue weighted by atomic mass is 16.5. The van der Waals surface area contributed by atoms with E-state index in [4.69, 9.17) is 4.74 Å². The highest BCUT2D eigenvalue weighted by molar-refractivity contribution is 5.80. The van der Waals surface area contributed by atoms with E-state index in [1.165, 1.54) is 0 Å². The zero-order valence-electron chi connectivity index (χ0n) is 12.0. The summed E-state index contributed by atoms with van der Waals surface area (Å²) in [6.07, 6.45) is 0. The second-order valence-electron chi connectivity index (χ2n) is 4.15. The predicted octanol–water partition coefficient (Wildman–Crippen LogP) is 1.50. The minimum absolute atomic E-state index is 0.0267. The fourth-order valence-corrected chi connectivity index (χ4v) is 1.49. The Hall–Kier alpha value is -2.24. The zero-order valence-corrected chi connectivity index (χ0v) is 12.0. The molecule has 1 aromatic carbocycles. The van der Waals surface area contributed by atoms with Gasteiger partial charge in [-0.15, -0.1) is 0 Å². The molecule has 0 fully saturated rings. The fraction of sp³-hybridized carbons (Fsp3) is 0.429. The first-order valence-corrected chi connectivity index (χ1v) is 6.41. The van der Waals surface area contributed by atoms with Crippen molar-refractivity contribution in [1.29, 1.82) is 0 Å². The molecule has 0 spiro atoms. The number of urea groups is 1. The first-order chi connectivity index (χ1) is 9.54. The van der Waals surface area contributed by atoms with Crippen molar-refractivity contribution in [2.75, 3.05) is 19.9 Å². The largest absolute Gasteiger partial charge is 0.473 e. The lowest BCUT2D eigenvalue weighted by Crippen LogP contribution is -2.40. The second-order valence-corrected chi connectivity index (χ2v) is 4.15. The monoisotopic (exact) mass is 280 g/mol. The van der Waals surface area contributed by atoms with Crippen molar-refractivity contribution in [3.05, 3.63) is 29.3 Å². The number of hydrogen-bond acceptors (Lipinski definition) is 4. The van der Waals surface area contributed by atoms with Crippen molar-refractivity contribution >= 4 is 12.0 Å². The van der Waals surface area contributed by atoms with Gasteiger partial charge in [0.05, 0.1) is 6.61 Å². The fourth-order valence-electron chi connectivity index (χ4n) is 1.49. The minimum Gasteiger partial charge on any atom is -0.473 e. The van der Waals surface area contributed by atoms with Crippen molar-refractivity contribution in [1.82, 2.24) is 10.6 Å². The third kappa shape index (κ3) is 5.17. The molecule has 0 aliphatic rings. The lowest BCUT2D eigenvalue weighted by molar-refractivity contribution is -0.141. The summed E-state index contributed by atoms with van der Waals surface area (Å²) in [6, 6.07) is 5.23. The number of rotatable bonds is 6. The van der Waals surface area contributed by atoms with Crippen molar-refractivity contribution < 1.29 is 19.1 Å². The molecule has 1 aromatic rings. The molecule has 1 rings (SSSR count). The number of carbonyl (C=O) groups excluding carboxylic acids is 2. The van der Waals surface area contributed by atoms with Gasteiger partial charge in [-0.05, 0) is 38.0 Å². The molecule has 0 aliphatic carbocycles. The maximum absolute atomic E-state index is 11.4. The van der Waals surface area contributed by atoms with Crippen LogP contribution in [0, 0.1) is 13.8 Å². The van der Waals surface area contributed by atoms with Gasteiger partial charge < -0.3 is 20.1 Å². The Balaban J connectivity index is 2.28. The SMILES string of the molecule is CCOC(=O)CNC(=O)NCOc1cccc(C)c1C. The number of aryl methyl sites for hydroxylation is 1. The van der Waals surface area contributed by atoms with Gasteiger partial charge in [0.25, 0.3) is 0 Å². The molecule has 0 saturated carbocycles. The smallest absolute Gasteiger partial charge is 0.325 e. The molecule has 0 bridgehead atoms. The van der Waals surface area contributed by atoms with Crippen LogP contribution in [0.5, 0.6) is 5.75 Å². The van der Waals surface area contributed by atoms with Gasteiger partial charge >= 0.3 is 12.0 Å². The number of nitrogens with one attached hydrogen (secondary N) is 2. The van der Waals surface area contributed by atoms with Crippen molar-refractivity contribution in [2.24, 2.45) is 0 Å². The van der Waals surface area contributed by atoms with E-state index in [-0.39, 0.29) is 19.9 Å². The van der Waals surface area contributed by atoms with Gasteiger partial charge in [-0.25, -0.2) is 4.79 Å². The van der Waals surface area contributed by atoms with Gasteiger partial charge in [-0.2, -0.15) is 0 Å². The molecule has 0 aliphatic heterocycles. The van der Waals surface area contributed by atoms with Crippen LogP contribution in [-0.4, -0.2) is 31.9 Å². The molecule has 2 N–H and O–H groups in total. The number of ether oxygens (including phenoxy) is 2. The zero-order chi connectivity index (χ0) is 15.0. The number of hydrogen-bond donors (Lipinski definition) is 2. The summed E-state index contributed by atoms with van der Waals surface area (Å²) in [7, 11) is 0. The summed E-state index contributed by atoms with van der Waals surface area (Å²) in [5.41, 5.74) is 2.15. The Kier molecular flexibility index (Phi) is 6.36. The summed E-state index contributed by atoms with van der Waals surface area (Å²) >= 11 is 0. The Morgan fingerprint density at radius 2 is 1.95 bits per heavy atom. The third-order valence-electron chi connectivity index (χ3n) is 2.71. The molecule has 0 atom stereocenters. The highest BCUT2D eigenvalue weighted by Gasteiger charge is 2.06. The Labute approximate surface area is 118 Å². The summed E-state index contributed by atoms with van der Waals surface area (Å²) in [5, 5.41) is 4.87. The Morgan fingerprint density at radius 1 is 1.20 bits per heavy atom. The van der Waals surface area contributed by atoms with E-state index in [1.807, 2.05) is 32.0 Å². The normalized spacial score (nSPS) is 9.75. The average Bonchev–Trinajstić information content (AvgIpc) is 2.41. The molecule has 6 nitrogen and oxygen atoms in total. The van der Waals surface area contributed by atoms with Crippen molar-refractivity contribution in [3.8, 4) is 5.75 Å². The van der Waals surface area contributed by atoms with Crippen molar-refractivity contribution in [3.63, 3.8) is 0 Å². The molecule has 0 heterocycles. The van der Waals surface area contributed by atoms with Gasteiger partial charge in [0.1, 0.15) is 12.3 Å². The van der Waals surface area contributed by atoms with Gasteiger partial charge in [-0.3, -0.25) is 4.79 Å². The first-order valence-electron chi connectivity index (χ1n) is 6.41. The summed E-state index contributed by atoms with van der Waals surface area (Å²) in [5.74, 6) is 0.244. The quantitative estimate of drug-likeness (QED) is 0.611. The first kappa shape index (κ1) is 15.8. The van der Waals surface area contributed by atoms with Crippen LogP contribution in [0.2, 0.25) is 0 Å². The van der Waals surface area contributed by atoms with E-state index in [0.29, 0.717) is 0 Å². The molecule has 6 heteroatoms. The predicted molar refractivity (Wildman–Crippen MR) is 74.6 cm³/mol. The van der Waals surface area contributed by atoms with Gasteiger partial charge in [0, 0.05) is 0 Å². The molecule has 0 aromatic heterocycles. The maximum Gasteiger partial charge on any atom is 0.325 e. The number of amides is 2. The van der Waals surface area contributed by atoms with E-state index in [9.17, 15) is 9.59 Å². The molecular weight excluding hydrogens is 260 g/mol. The Bertz CT molecular complexity index is 474. The molecule has 110 valence electrons. The van der Waals surface area contributed by atoms with Crippen LogP contribution in [-0.2, 0) is 9.53 Å². The van der Waals surface area contributed by atoms with Crippen LogP contribution in [0.25, 0.3) is 0 Å². The maximum atomic E-state index is 11.4. The number of carbonyl (C=O) groups is 2. The summed E-state index contributed by atoms with van der Waals surface area (Å²) in [6.45, 7) is 5.79. The molecule has 0 unspecified atom stereocenters. The van der Waals surface area contributed by atoms with Crippen LogP contribution in [0.1, 0.15) is 18.1 Å². The lowest BCUT2D eigenvalue weighted by Gasteiger charge is -2.12. The highest BCUT2D eigenvalue weighted by Crippen LogP contribution is 2.19. The molecule has 0 radical (unpaired) electrons. The van der Waals surface area contributed by atoms with Crippen LogP contribution in [0.15, 0.2) is 18.2 Å². The average molecular weight is 280 g/mol. The van der Waals surface area contributed by atoms with Gasteiger partial charge in [-0.1, -0.05) is 12.1 Å². The molecule has 20 heavy (non-hydrogen) atoms. The van der Waals surface area contributed by atoms with Gasteiger partial charge in [0.15, 0.2) is 6.73 Å². The topological polar surface area (TPSA) is 76.7 Å². The number of esters is 1. The minimum atomic E-state index is -0.483. The molecule has 0 saturated heterocycles. The second kappa shape index (κ2) is 8.04. The van der Waals surface area contributed by atoms with Crippen LogP contribution < -0.4 is 15.4 Å². The van der Waals surface area contributed by atoms with Crippen molar-refractivity contribution in [2.45, 2.75) is 20.8 Å². The van der Waals surface area contributed by atoms with E-state index < -0.39 is 12.0 Å². The Morgan fingerprint density at radius 3 is 2.65 bits per heavy atom. The summed E-state index contributed by atoms with van der Waals surface area (Å²) < 4.78 is 10.1. The number of benzene rings is 1. The van der Waals surface area contributed by atoms with E-state index in [1.54, 1.807) is 6.92 Å². The lowest BCUT2D eigenvalue weighted by atomic mass is 10.1. The van der Waals surface area contributed by atoms with E-state index >= 15 is 0 Å². The molecular formula is C14H20N2O4. The van der Waals surface area contributed by atoms with Crippen LogP contribution in [0.3, 0.4) is 0 Å². The standard InChI is InChI=1S/C14H20N2O4/c1-4-19-13(17)8-15-14(18)16-9-20-12-7-5-6-10(2)11(12)3/h5-7H,4,8-9H2,1-3H3,(H2,15,16,18). The van der Waals surface area contributed by atoms with Gasteiger partial charge in [0.2, 0.25) is 0 Å². The third-order valence-corrected chi connectivity index (χ3v) is 2.71.